The molecule has 0 aromatic rings. The molecule has 2 nitrogen and oxygen atoms in total. The van der Waals surface area contributed by atoms with E-state index in [0.717, 1.165) is 0 Å². The van der Waals surface area contributed by atoms with Gasteiger partial charge in [-0.2, -0.15) is 0 Å². The summed E-state index contributed by atoms with van der Waals surface area (Å²) in [6.45, 7) is 14.2. The molecule has 0 radical (unpaired) electrons. The summed E-state index contributed by atoms with van der Waals surface area (Å²) in [5, 5.41) is 0. The van der Waals surface area contributed by atoms with Crippen LogP contribution in [0, 0.1) is 0 Å². The van der Waals surface area contributed by atoms with E-state index in [1.807, 2.05) is 0 Å². The van der Waals surface area contributed by atoms with Gasteiger partial charge in [0.25, 0.3) is 0 Å². The molecule has 0 aromatic heterocycles. The summed E-state index contributed by atoms with van der Waals surface area (Å²) in [4.78, 5) is 2.55. The largest absolute Gasteiger partial charge is 0.308 e. The molecule has 1 heterocycles. The molecule has 0 aromatic carbocycles. The second kappa shape index (κ2) is 3.00. The molecule has 0 N–H and O–H groups in total. The zero-order chi connectivity index (χ0) is 9.41. The number of hydrogen-bond acceptors (Lipinski definition) is 1. The first kappa shape index (κ1) is 10.0. The van der Waals surface area contributed by atoms with Crippen molar-refractivity contribution in [2.75, 3.05) is 33.4 Å². The van der Waals surface area contributed by atoms with E-state index in [4.69, 9.17) is 0 Å². The lowest BCUT2D eigenvalue weighted by molar-refractivity contribution is -0.943. The number of nitrogens with zero attached hydrogens (tertiary/aromatic N) is 2. The summed E-state index contributed by atoms with van der Waals surface area (Å²) in [6, 6.07) is 0. The number of hydrogen-bond donors (Lipinski definition) is 0. The smallest absolute Gasteiger partial charge is 0.135 e. The SMILES string of the molecule is CCN1CC(C)(C)[N@@+](C)(CC)C1. The number of rotatable bonds is 2. The molecule has 1 aliphatic rings. The maximum Gasteiger partial charge on any atom is 0.135 e. The van der Waals surface area contributed by atoms with Crippen LogP contribution in [0.1, 0.15) is 27.7 Å². The van der Waals surface area contributed by atoms with Crippen LogP contribution in [0.25, 0.3) is 0 Å². The van der Waals surface area contributed by atoms with E-state index < -0.39 is 0 Å². The van der Waals surface area contributed by atoms with Gasteiger partial charge in [0.15, 0.2) is 0 Å². The van der Waals surface area contributed by atoms with Gasteiger partial charge in [-0.25, -0.2) is 0 Å². The van der Waals surface area contributed by atoms with E-state index in [0.29, 0.717) is 5.54 Å². The Morgan fingerprint density at radius 1 is 1.33 bits per heavy atom. The first-order chi connectivity index (χ1) is 5.45. The Bertz CT molecular complexity index is 165. The molecule has 0 spiro atoms. The van der Waals surface area contributed by atoms with E-state index in [9.17, 15) is 0 Å². The minimum atomic E-state index is 0.435. The van der Waals surface area contributed by atoms with Crippen molar-refractivity contribution >= 4 is 0 Å². The molecule has 1 fully saturated rings. The molecule has 0 amide bonds. The summed E-state index contributed by atoms with van der Waals surface area (Å²) >= 11 is 0. The van der Waals surface area contributed by atoms with E-state index in [-0.39, 0.29) is 0 Å². The van der Waals surface area contributed by atoms with Gasteiger partial charge in [0.2, 0.25) is 0 Å². The molecule has 0 aliphatic carbocycles. The highest BCUT2D eigenvalue weighted by atomic mass is 15.5. The van der Waals surface area contributed by atoms with Gasteiger partial charge in [-0.1, -0.05) is 6.92 Å². The van der Waals surface area contributed by atoms with Gasteiger partial charge in [0.1, 0.15) is 12.2 Å². The minimum absolute atomic E-state index is 0.435. The fourth-order valence-electron chi connectivity index (χ4n) is 2.14. The third-order valence-electron chi connectivity index (χ3n) is 3.73. The predicted octanol–water partition coefficient (Wildman–Crippen LogP) is 1.52. The average Bonchev–Trinajstić information content (AvgIpc) is 2.24. The second-order valence-electron chi connectivity index (χ2n) is 4.81. The highest BCUT2D eigenvalue weighted by molar-refractivity contribution is 4.79. The van der Waals surface area contributed by atoms with E-state index in [1.165, 1.54) is 30.8 Å². The predicted molar refractivity (Wildman–Crippen MR) is 52.9 cm³/mol. The van der Waals surface area contributed by atoms with E-state index >= 15 is 0 Å². The molecule has 72 valence electrons. The fourth-order valence-corrected chi connectivity index (χ4v) is 2.14. The zero-order valence-electron chi connectivity index (χ0n) is 9.22. The normalized spacial score (nSPS) is 35.8. The molecule has 0 unspecified atom stereocenters. The van der Waals surface area contributed by atoms with Crippen molar-refractivity contribution in [3.8, 4) is 0 Å². The summed E-state index contributed by atoms with van der Waals surface area (Å²) in [5.41, 5.74) is 0.435. The van der Waals surface area contributed by atoms with Gasteiger partial charge in [-0.15, -0.1) is 0 Å². The number of likely N-dealkylation sites (N-methyl/N-ethyl adjacent to an activating group) is 2. The third kappa shape index (κ3) is 1.38. The van der Waals surface area contributed by atoms with E-state index in [1.54, 1.807) is 0 Å². The molecule has 0 saturated carbocycles. The van der Waals surface area contributed by atoms with E-state index in [2.05, 4.69) is 39.6 Å². The van der Waals surface area contributed by atoms with Crippen LogP contribution in [0.15, 0.2) is 0 Å². The maximum atomic E-state index is 2.55. The fraction of sp³-hybridized carbons (Fsp3) is 1.00. The highest BCUT2D eigenvalue weighted by Crippen LogP contribution is 2.30. The lowest BCUT2D eigenvalue weighted by Crippen LogP contribution is -2.55. The van der Waals surface area contributed by atoms with Crippen LogP contribution in [0.4, 0.5) is 0 Å². The quantitative estimate of drug-likeness (QED) is 0.569. The molecular weight excluding hydrogens is 148 g/mol. The Hall–Kier alpha value is -0.0800. The monoisotopic (exact) mass is 171 g/mol. The third-order valence-corrected chi connectivity index (χ3v) is 3.73. The molecule has 1 rings (SSSR count). The van der Waals surface area contributed by atoms with Crippen LogP contribution in [0.3, 0.4) is 0 Å². The van der Waals surface area contributed by atoms with Gasteiger partial charge in [0, 0.05) is 6.54 Å². The lowest BCUT2D eigenvalue weighted by atomic mass is 10.0. The highest BCUT2D eigenvalue weighted by Gasteiger charge is 2.47. The van der Waals surface area contributed by atoms with Gasteiger partial charge in [-0.3, -0.25) is 4.90 Å². The van der Waals surface area contributed by atoms with Crippen LogP contribution >= 0.6 is 0 Å². The molecule has 2 heteroatoms. The van der Waals surface area contributed by atoms with Gasteiger partial charge >= 0.3 is 0 Å². The van der Waals surface area contributed by atoms with Crippen molar-refractivity contribution in [3.63, 3.8) is 0 Å². The van der Waals surface area contributed by atoms with Crippen molar-refractivity contribution in [1.82, 2.24) is 4.90 Å². The van der Waals surface area contributed by atoms with Gasteiger partial charge < -0.3 is 4.48 Å². The van der Waals surface area contributed by atoms with Crippen LogP contribution < -0.4 is 0 Å². The average molecular weight is 171 g/mol. The van der Waals surface area contributed by atoms with Crippen molar-refractivity contribution in [1.29, 1.82) is 0 Å². The van der Waals surface area contributed by atoms with Crippen molar-refractivity contribution in [2.24, 2.45) is 0 Å². The first-order valence-corrected chi connectivity index (χ1v) is 5.02. The molecular formula is C10H23N2+. The lowest BCUT2D eigenvalue weighted by Gasteiger charge is -2.40. The second-order valence-corrected chi connectivity index (χ2v) is 4.81. The topological polar surface area (TPSA) is 3.24 Å². The molecule has 0 bridgehead atoms. The molecule has 1 aliphatic heterocycles. The summed E-state index contributed by atoms with van der Waals surface area (Å²) in [6.07, 6.45) is 0. The van der Waals surface area contributed by atoms with Crippen molar-refractivity contribution < 1.29 is 4.48 Å². The molecule has 12 heavy (non-hydrogen) atoms. The van der Waals surface area contributed by atoms with Gasteiger partial charge in [-0.05, 0) is 20.8 Å². The molecule has 1 saturated heterocycles. The van der Waals surface area contributed by atoms with Crippen LogP contribution in [-0.2, 0) is 0 Å². The van der Waals surface area contributed by atoms with Crippen LogP contribution in [0.5, 0.6) is 0 Å². The summed E-state index contributed by atoms with van der Waals surface area (Å²) in [7, 11) is 2.37. The zero-order valence-corrected chi connectivity index (χ0v) is 9.22. The Morgan fingerprint density at radius 3 is 2.17 bits per heavy atom. The van der Waals surface area contributed by atoms with Crippen LogP contribution in [-0.4, -0.2) is 48.3 Å². The Balaban J connectivity index is 2.76. The molecule has 1 atom stereocenters. The van der Waals surface area contributed by atoms with Gasteiger partial charge in [0.05, 0.1) is 20.1 Å². The Labute approximate surface area is 76.7 Å². The summed E-state index contributed by atoms with van der Waals surface area (Å²) in [5.74, 6) is 0. The minimum Gasteiger partial charge on any atom is -0.308 e. The first-order valence-electron chi connectivity index (χ1n) is 5.02. The summed E-state index contributed by atoms with van der Waals surface area (Å²) < 4.78 is 1.20. The van der Waals surface area contributed by atoms with Crippen LogP contribution in [0.2, 0.25) is 0 Å². The standard InChI is InChI=1S/C10H23N2/c1-6-11-8-10(3,4)12(5,7-2)9-11/h6-9H2,1-5H3/q+1/t12-/m0/s1. The van der Waals surface area contributed by atoms with Crippen molar-refractivity contribution in [3.05, 3.63) is 0 Å². The Morgan fingerprint density at radius 2 is 1.92 bits per heavy atom. The Kier molecular flexibility index (Phi) is 2.50. The van der Waals surface area contributed by atoms with Crippen molar-refractivity contribution in [2.45, 2.75) is 33.2 Å². The maximum absolute atomic E-state index is 2.55. The number of quaternary nitrogens is 1.